The molecule has 1 aromatic carbocycles. The highest BCUT2D eigenvalue weighted by Gasteiger charge is 2.11. The first-order valence-electron chi connectivity index (χ1n) is 5.26. The highest BCUT2D eigenvalue weighted by Crippen LogP contribution is 2.23. The van der Waals surface area contributed by atoms with Gasteiger partial charge in [-0.1, -0.05) is 23.2 Å². The second-order valence-electron chi connectivity index (χ2n) is 3.84. The summed E-state index contributed by atoms with van der Waals surface area (Å²) in [5, 5.41) is 1.33. The van der Waals surface area contributed by atoms with E-state index in [4.69, 9.17) is 23.2 Å². The number of nitrogens with one attached hydrogen (secondary N) is 1. The van der Waals surface area contributed by atoms with Gasteiger partial charge in [0.15, 0.2) is 0 Å². The lowest BCUT2D eigenvalue weighted by Gasteiger charge is -2.03. The Bertz CT molecular complexity index is 895. The maximum Gasteiger partial charge on any atom is 0.334 e. The monoisotopic (exact) mass is 312 g/mol. The number of H-pyrrole nitrogens is 1. The van der Waals surface area contributed by atoms with Gasteiger partial charge in [-0.05, 0) is 30.3 Å². The van der Waals surface area contributed by atoms with Crippen LogP contribution in [-0.2, 0) is 0 Å². The van der Waals surface area contributed by atoms with Gasteiger partial charge in [0.25, 0.3) is 5.56 Å². The van der Waals surface area contributed by atoms with Crippen molar-refractivity contribution in [3.05, 3.63) is 60.5 Å². The van der Waals surface area contributed by atoms with E-state index in [0.29, 0.717) is 25.3 Å². The SMILES string of the molecule is O=c1[nH]c2cc(Cl)ccc2c(=O)n1-c1ccc(Cl)s1. The molecule has 0 radical (unpaired) electrons. The highest BCUT2D eigenvalue weighted by atomic mass is 35.5. The summed E-state index contributed by atoms with van der Waals surface area (Å²) in [5.41, 5.74) is -0.492. The van der Waals surface area contributed by atoms with Gasteiger partial charge in [-0.15, -0.1) is 11.3 Å². The molecule has 0 fully saturated rings. The summed E-state index contributed by atoms with van der Waals surface area (Å²) < 4.78 is 1.57. The average molecular weight is 313 g/mol. The summed E-state index contributed by atoms with van der Waals surface area (Å²) in [4.78, 5) is 27.0. The molecule has 0 aliphatic rings. The molecule has 0 aliphatic carbocycles. The van der Waals surface area contributed by atoms with Crippen molar-refractivity contribution in [1.82, 2.24) is 9.55 Å². The van der Waals surface area contributed by atoms with E-state index in [1.54, 1.807) is 30.3 Å². The van der Waals surface area contributed by atoms with Crippen molar-refractivity contribution < 1.29 is 0 Å². The van der Waals surface area contributed by atoms with Crippen LogP contribution >= 0.6 is 34.5 Å². The van der Waals surface area contributed by atoms with Crippen LogP contribution in [0.2, 0.25) is 9.36 Å². The zero-order valence-corrected chi connectivity index (χ0v) is 11.6. The van der Waals surface area contributed by atoms with Crippen molar-refractivity contribution in [2.24, 2.45) is 0 Å². The number of aromatic amines is 1. The largest absolute Gasteiger partial charge is 0.334 e. The second kappa shape index (κ2) is 4.52. The van der Waals surface area contributed by atoms with Crippen LogP contribution in [0, 0.1) is 0 Å². The van der Waals surface area contributed by atoms with Gasteiger partial charge in [0.05, 0.1) is 15.2 Å². The van der Waals surface area contributed by atoms with Crippen molar-refractivity contribution in [2.45, 2.75) is 0 Å². The molecular weight excluding hydrogens is 307 g/mol. The normalized spacial score (nSPS) is 11.1. The molecule has 2 aromatic heterocycles. The van der Waals surface area contributed by atoms with Crippen LogP contribution in [0.3, 0.4) is 0 Å². The highest BCUT2D eigenvalue weighted by molar-refractivity contribution is 7.18. The van der Waals surface area contributed by atoms with Gasteiger partial charge < -0.3 is 4.98 Å². The predicted molar refractivity (Wildman–Crippen MR) is 78.1 cm³/mol. The van der Waals surface area contributed by atoms with Crippen molar-refractivity contribution >= 4 is 45.4 Å². The van der Waals surface area contributed by atoms with Crippen molar-refractivity contribution in [3.63, 3.8) is 0 Å². The molecule has 0 atom stereocenters. The van der Waals surface area contributed by atoms with E-state index in [2.05, 4.69) is 4.98 Å². The molecule has 0 saturated heterocycles. The number of fused-ring (bicyclic) bond motifs is 1. The maximum absolute atomic E-state index is 12.3. The summed E-state index contributed by atoms with van der Waals surface area (Å²) in [5.74, 6) is 0. The van der Waals surface area contributed by atoms with E-state index in [1.807, 2.05) is 0 Å². The quantitative estimate of drug-likeness (QED) is 0.751. The van der Waals surface area contributed by atoms with E-state index in [-0.39, 0.29) is 0 Å². The molecule has 7 heteroatoms. The van der Waals surface area contributed by atoms with Crippen molar-refractivity contribution in [3.8, 4) is 5.00 Å². The van der Waals surface area contributed by atoms with Gasteiger partial charge in [0.1, 0.15) is 5.00 Å². The maximum atomic E-state index is 12.3. The van der Waals surface area contributed by atoms with Crippen LogP contribution < -0.4 is 11.2 Å². The molecule has 3 aromatic rings. The lowest BCUT2D eigenvalue weighted by Crippen LogP contribution is -2.32. The summed E-state index contributed by atoms with van der Waals surface area (Å²) in [7, 11) is 0. The Morgan fingerprint density at radius 3 is 2.58 bits per heavy atom. The molecule has 1 N–H and O–H groups in total. The van der Waals surface area contributed by atoms with Crippen LogP contribution in [0.15, 0.2) is 39.9 Å². The van der Waals surface area contributed by atoms with Crippen molar-refractivity contribution in [2.75, 3.05) is 0 Å². The number of aromatic nitrogens is 2. The number of rotatable bonds is 1. The fourth-order valence-electron chi connectivity index (χ4n) is 1.82. The molecule has 0 amide bonds. The van der Waals surface area contributed by atoms with Crippen LogP contribution in [0.1, 0.15) is 0 Å². The first kappa shape index (κ1) is 12.5. The Labute approximate surface area is 120 Å². The van der Waals surface area contributed by atoms with E-state index in [9.17, 15) is 9.59 Å². The number of nitrogens with zero attached hydrogens (tertiary/aromatic N) is 1. The third-order valence-electron chi connectivity index (χ3n) is 2.64. The lowest BCUT2D eigenvalue weighted by molar-refractivity contribution is 0.917. The average Bonchev–Trinajstić information content (AvgIpc) is 2.75. The molecular formula is C12H6Cl2N2O2S. The molecule has 0 bridgehead atoms. The van der Waals surface area contributed by atoms with Crippen LogP contribution in [-0.4, -0.2) is 9.55 Å². The fraction of sp³-hybridized carbons (Fsp3) is 0. The van der Waals surface area contributed by atoms with E-state index >= 15 is 0 Å². The van der Waals surface area contributed by atoms with Gasteiger partial charge in [0, 0.05) is 5.02 Å². The van der Waals surface area contributed by atoms with Crippen LogP contribution in [0.25, 0.3) is 15.9 Å². The van der Waals surface area contributed by atoms with Crippen LogP contribution in [0.5, 0.6) is 0 Å². The predicted octanol–water partition coefficient (Wildman–Crippen LogP) is 3.05. The van der Waals surface area contributed by atoms with Gasteiger partial charge in [-0.2, -0.15) is 0 Å². The molecule has 0 saturated carbocycles. The lowest BCUT2D eigenvalue weighted by atomic mass is 10.2. The molecule has 0 unspecified atom stereocenters. The third kappa shape index (κ3) is 2.10. The molecule has 2 heterocycles. The van der Waals surface area contributed by atoms with Gasteiger partial charge in [-0.25, -0.2) is 9.36 Å². The topological polar surface area (TPSA) is 54.9 Å². The zero-order valence-electron chi connectivity index (χ0n) is 9.31. The Balaban J connectivity index is 2.41. The molecule has 3 rings (SSSR count). The Morgan fingerprint density at radius 1 is 1.11 bits per heavy atom. The minimum atomic E-state index is -0.515. The minimum absolute atomic E-state index is 0.395. The third-order valence-corrected chi connectivity index (χ3v) is 4.09. The number of benzene rings is 1. The van der Waals surface area contributed by atoms with Gasteiger partial charge >= 0.3 is 5.69 Å². The number of halogens is 2. The summed E-state index contributed by atoms with van der Waals surface area (Å²) in [6.07, 6.45) is 0. The Morgan fingerprint density at radius 2 is 1.89 bits per heavy atom. The van der Waals surface area contributed by atoms with Crippen LogP contribution in [0.4, 0.5) is 0 Å². The number of hydrogen-bond acceptors (Lipinski definition) is 3. The van der Waals surface area contributed by atoms with E-state index < -0.39 is 11.2 Å². The molecule has 96 valence electrons. The summed E-state index contributed by atoms with van der Waals surface area (Å²) >= 11 is 12.8. The van der Waals surface area contributed by atoms with E-state index in [1.165, 1.54) is 0 Å². The fourth-order valence-corrected chi connectivity index (χ4v) is 3.02. The summed E-state index contributed by atoms with van der Waals surface area (Å²) in [6.45, 7) is 0. The van der Waals surface area contributed by atoms with Gasteiger partial charge in [0.2, 0.25) is 0 Å². The molecule has 19 heavy (non-hydrogen) atoms. The van der Waals surface area contributed by atoms with Gasteiger partial charge in [-0.3, -0.25) is 4.79 Å². The molecule has 0 spiro atoms. The smallest absolute Gasteiger partial charge is 0.306 e. The minimum Gasteiger partial charge on any atom is -0.306 e. The standard InChI is InChI=1S/C12H6Cl2N2O2S/c13-6-1-2-7-8(5-6)15-12(18)16(11(7)17)10-4-3-9(14)19-10/h1-5H,(H,15,18). The molecule has 0 aliphatic heterocycles. The summed E-state index contributed by atoms with van der Waals surface area (Å²) in [6, 6.07) is 8.01. The second-order valence-corrected chi connectivity index (χ2v) is 5.97. The number of thiophene rings is 1. The van der Waals surface area contributed by atoms with Crippen molar-refractivity contribution in [1.29, 1.82) is 0 Å². The van der Waals surface area contributed by atoms with E-state index in [0.717, 1.165) is 15.9 Å². The Kier molecular flexibility index (Phi) is 2.97. The zero-order chi connectivity index (χ0) is 13.6. The first-order chi connectivity index (χ1) is 9.06. The first-order valence-corrected chi connectivity index (χ1v) is 6.84. The molecule has 4 nitrogen and oxygen atoms in total. The Hall–Kier alpha value is -1.56. The number of hydrogen-bond donors (Lipinski definition) is 1.